The van der Waals surface area contributed by atoms with Crippen LogP contribution in [0.15, 0.2) is 46.1 Å². The van der Waals surface area contributed by atoms with Crippen LogP contribution in [0.2, 0.25) is 0 Å². The average molecular weight is 388 g/mol. The van der Waals surface area contributed by atoms with Crippen LogP contribution in [0.25, 0.3) is 0 Å². The molecule has 2 rings (SSSR count). The third kappa shape index (κ3) is 4.29. The Hall–Kier alpha value is -1.44. The third-order valence-electron chi connectivity index (χ3n) is 3.02. The van der Waals surface area contributed by atoms with E-state index in [1.165, 1.54) is 5.69 Å². The molecule has 6 heteroatoms. The van der Waals surface area contributed by atoms with E-state index >= 15 is 0 Å². The van der Waals surface area contributed by atoms with E-state index < -0.39 is 0 Å². The molecule has 2 aromatic heterocycles. The van der Waals surface area contributed by atoms with E-state index in [1.54, 1.807) is 13.3 Å². The van der Waals surface area contributed by atoms with Gasteiger partial charge in [-0.15, -0.1) is 24.0 Å². The fourth-order valence-corrected chi connectivity index (χ4v) is 1.94. The van der Waals surface area contributed by atoms with Crippen LogP contribution in [0, 0.1) is 0 Å². The molecule has 0 fully saturated rings. The standard InChI is InChI=1S/C14H20N4O.HI/c1-15-14(16-10-13-7-5-9-19-13)18(3)11-12-6-4-8-17(12)2;/h4-9H,10-11H2,1-3H3,(H,15,16);1H. The van der Waals surface area contributed by atoms with Crippen molar-refractivity contribution in [2.75, 3.05) is 14.1 Å². The minimum atomic E-state index is 0. The SMILES string of the molecule is CN=C(NCc1ccco1)N(C)Cc1cccn1C.I. The monoisotopic (exact) mass is 388 g/mol. The van der Waals surface area contributed by atoms with Gasteiger partial charge in [0, 0.05) is 33.0 Å². The largest absolute Gasteiger partial charge is 0.467 e. The topological polar surface area (TPSA) is 45.7 Å². The van der Waals surface area contributed by atoms with Gasteiger partial charge in [-0.05, 0) is 24.3 Å². The summed E-state index contributed by atoms with van der Waals surface area (Å²) >= 11 is 0. The molecule has 0 aromatic carbocycles. The molecule has 0 bridgehead atoms. The second kappa shape index (κ2) is 7.98. The fourth-order valence-electron chi connectivity index (χ4n) is 1.94. The highest BCUT2D eigenvalue weighted by molar-refractivity contribution is 14.0. The molecule has 0 radical (unpaired) electrons. The van der Waals surface area contributed by atoms with Gasteiger partial charge in [0.05, 0.1) is 19.4 Å². The molecule has 0 aliphatic heterocycles. The first kappa shape index (κ1) is 16.6. The van der Waals surface area contributed by atoms with Crippen molar-refractivity contribution in [2.45, 2.75) is 13.1 Å². The van der Waals surface area contributed by atoms with E-state index in [-0.39, 0.29) is 24.0 Å². The van der Waals surface area contributed by atoms with Crippen molar-refractivity contribution < 1.29 is 4.42 Å². The quantitative estimate of drug-likeness (QED) is 0.497. The molecule has 2 heterocycles. The summed E-state index contributed by atoms with van der Waals surface area (Å²) in [4.78, 5) is 6.36. The zero-order chi connectivity index (χ0) is 13.7. The highest BCUT2D eigenvalue weighted by atomic mass is 127. The maximum Gasteiger partial charge on any atom is 0.194 e. The Morgan fingerprint density at radius 2 is 2.20 bits per heavy atom. The molecule has 0 unspecified atom stereocenters. The van der Waals surface area contributed by atoms with Crippen molar-refractivity contribution in [3.63, 3.8) is 0 Å². The Balaban J connectivity index is 0.00000200. The number of hydrogen-bond acceptors (Lipinski definition) is 2. The number of nitrogens with zero attached hydrogens (tertiary/aromatic N) is 3. The van der Waals surface area contributed by atoms with Crippen LogP contribution in [0.4, 0.5) is 0 Å². The van der Waals surface area contributed by atoms with Crippen LogP contribution in [0.3, 0.4) is 0 Å². The van der Waals surface area contributed by atoms with E-state index in [2.05, 4.69) is 25.8 Å². The van der Waals surface area contributed by atoms with Crippen molar-refractivity contribution in [2.24, 2.45) is 12.0 Å². The molecule has 110 valence electrons. The van der Waals surface area contributed by atoms with Crippen LogP contribution in [-0.4, -0.2) is 29.5 Å². The molecule has 5 nitrogen and oxygen atoms in total. The molecule has 2 aromatic rings. The van der Waals surface area contributed by atoms with E-state index in [0.717, 1.165) is 18.3 Å². The maximum absolute atomic E-state index is 5.29. The Bertz CT molecular complexity index is 533. The predicted octanol–water partition coefficient (Wildman–Crippen LogP) is 2.44. The number of halogens is 1. The summed E-state index contributed by atoms with van der Waals surface area (Å²) in [5.74, 6) is 1.74. The second-order valence-electron chi connectivity index (χ2n) is 4.45. The van der Waals surface area contributed by atoms with Gasteiger partial charge >= 0.3 is 0 Å². The van der Waals surface area contributed by atoms with Gasteiger partial charge in [-0.3, -0.25) is 4.99 Å². The molecule has 0 saturated heterocycles. The Morgan fingerprint density at radius 1 is 1.40 bits per heavy atom. The van der Waals surface area contributed by atoms with Gasteiger partial charge in [0.1, 0.15) is 5.76 Å². The number of aryl methyl sites for hydroxylation is 1. The molecule has 0 amide bonds. The fraction of sp³-hybridized carbons (Fsp3) is 0.357. The summed E-state index contributed by atoms with van der Waals surface area (Å²) in [5.41, 5.74) is 1.24. The highest BCUT2D eigenvalue weighted by Gasteiger charge is 2.08. The van der Waals surface area contributed by atoms with Crippen molar-refractivity contribution in [3.8, 4) is 0 Å². The van der Waals surface area contributed by atoms with Crippen LogP contribution >= 0.6 is 24.0 Å². The molecule has 0 saturated carbocycles. The van der Waals surface area contributed by atoms with Gasteiger partial charge in [0.15, 0.2) is 5.96 Å². The molecule has 20 heavy (non-hydrogen) atoms. The lowest BCUT2D eigenvalue weighted by atomic mass is 10.4. The van der Waals surface area contributed by atoms with Gasteiger partial charge in [-0.1, -0.05) is 0 Å². The van der Waals surface area contributed by atoms with Crippen molar-refractivity contribution in [1.82, 2.24) is 14.8 Å². The van der Waals surface area contributed by atoms with Gasteiger partial charge in [0.25, 0.3) is 0 Å². The number of furan rings is 1. The number of guanidine groups is 1. The number of aromatic nitrogens is 1. The molecule has 1 N–H and O–H groups in total. The van der Waals surface area contributed by atoms with E-state index in [0.29, 0.717) is 6.54 Å². The Labute approximate surface area is 136 Å². The first-order chi connectivity index (χ1) is 9.20. The van der Waals surface area contributed by atoms with Crippen LogP contribution in [-0.2, 0) is 20.1 Å². The summed E-state index contributed by atoms with van der Waals surface area (Å²) in [6.07, 6.45) is 3.72. The third-order valence-corrected chi connectivity index (χ3v) is 3.02. The molecule has 0 aliphatic rings. The molecular weight excluding hydrogens is 367 g/mol. The van der Waals surface area contributed by atoms with E-state index in [1.807, 2.05) is 38.5 Å². The van der Waals surface area contributed by atoms with Gasteiger partial charge in [-0.2, -0.15) is 0 Å². The minimum absolute atomic E-state index is 0. The van der Waals surface area contributed by atoms with E-state index in [9.17, 15) is 0 Å². The van der Waals surface area contributed by atoms with E-state index in [4.69, 9.17) is 4.42 Å². The van der Waals surface area contributed by atoms with Gasteiger partial charge in [0.2, 0.25) is 0 Å². The first-order valence-corrected chi connectivity index (χ1v) is 6.25. The summed E-state index contributed by atoms with van der Waals surface area (Å²) in [5, 5.41) is 3.28. The maximum atomic E-state index is 5.29. The summed E-state index contributed by atoms with van der Waals surface area (Å²) in [7, 11) is 5.85. The normalized spacial score (nSPS) is 11.1. The predicted molar refractivity (Wildman–Crippen MR) is 91.2 cm³/mol. The summed E-state index contributed by atoms with van der Waals surface area (Å²) in [6.45, 7) is 1.44. The highest BCUT2D eigenvalue weighted by Crippen LogP contribution is 2.04. The number of rotatable bonds is 4. The molecular formula is C14H21IN4O. The minimum Gasteiger partial charge on any atom is -0.467 e. The molecule has 0 spiro atoms. The smallest absolute Gasteiger partial charge is 0.194 e. The van der Waals surface area contributed by atoms with Gasteiger partial charge < -0.3 is 19.2 Å². The average Bonchev–Trinajstić information content (AvgIpc) is 3.03. The second-order valence-corrected chi connectivity index (χ2v) is 4.45. The number of nitrogens with one attached hydrogen (secondary N) is 1. The molecule has 0 atom stereocenters. The zero-order valence-electron chi connectivity index (χ0n) is 12.0. The number of aliphatic imine (C=N–C) groups is 1. The Morgan fingerprint density at radius 3 is 2.75 bits per heavy atom. The van der Waals surface area contributed by atoms with Crippen molar-refractivity contribution in [3.05, 3.63) is 48.2 Å². The summed E-state index contributed by atoms with van der Waals surface area (Å²) < 4.78 is 7.40. The molecule has 0 aliphatic carbocycles. The zero-order valence-corrected chi connectivity index (χ0v) is 14.4. The van der Waals surface area contributed by atoms with Crippen molar-refractivity contribution in [1.29, 1.82) is 0 Å². The number of hydrogen-bond donors (Lipinski definition) is 1. The summed E-state index contributed by atoms with van der Waals surface area (Å²) in [6, 6.07) is 7.98. The first-order valence-electron chi connectivity index (χ1n) is 6.25. The van der Waals surface area contributed by atoms with Crippen LogP contribution < -0.4 is 5.32 Å². The Kier molecular flexibility index (Phi) is 6.63. The van der Waals surface area contributed by atoms with Gasteiger partial charge in [-0.25, -0.2) is 0 Å². The van der Waals surface area contributed by atoms with Crippen LogP contribution in [0.1, 0.15) is 11.5 Å². The lowest BCUT2D eigenvalue weighted by Crippen LogP contribution is -2.38. The van der Waals surface area contributed by atoms with Crippen molar-refractivity contribution >= 4 is 29.9 Å². The lowest BCUT2D eigenvalue weighted by molar-refractivity contribution is 0.449. The lowest BCUT2D eigenvalue weighted by Gasteiger charge is -2.22. The van der Waals surface area contributed by atoms with Crippen LogP contribution in [0.5, 0.6) is 0 Å².